The fourth-order valence-electron chi connectivity index (χ4n) is 1.73. The van der Waals surface area contributed by atoms with Crippen molar-refractivity contribution in [1.29, 1.82) is 0 Å². The molecule has 0 aromatic rings. The molecule has 96 valence electrons. The maximum Gasteiger partial charge on any atom is 0.410 e. The van der Waals surface area contributed by atoms with E-state index in [1.54, 1.807) is 20.8 Å². The second-order valence-corrected chi connectivity index (χ2v) is 4.09. The van der Waals surface area contributed by atoms with Gasteiger partial charge in [-0.15, -0.1) is 0 Å². The smallest absolute Gasteiger partial charge is 0.410 e. The van der Waals surface area contributed by atoms with Crippen molar-refractivity contribution < 1.29 is 24.2 Å². The van der Waals surface area contributed by atoms with Crippen molar-refractivity contribution in [2.24, 2.45) is 0 Å². The zero-order chi connectivity index (χ0) is 13.1. The van der Waals surface area contributed by atoms with E-state index in [1.165, 1.54) is 17.1 Å². The number of hydrogen-bond donors (Lipinski definition) is 1. The molecule has 0 aromatic carbocycles. The van der Waals surface area contributed by atoms with Gasteiger partial charge in [-0.05, 0) is 20.8 Å². The topological polar surface area (TPSA) is 76.1 Å². The lowest BCUT2D eigenvalue weighted by atomic mass is 10.2. The summed E-state index contributed by atoms with van der Waals surface area (Å²) >= 11 is 0. The SMILES string of the molecule is CCOC(=O)C=C[C@@H]1COC(C)(C)N1C(=O)O. The highest BCUT2D eigenvalue weighted by molar-refractivity contribution is 5.82. The summed E-state index contributed by atoms with van der Waals surface area (Å²) < 4.78 is 10.1. The van der Waals surface area contributed by atoms with Crippen LogP contribution in [0.3, 0.4) is 0 Å². The molecule has 0 saturated carbocycles. The fourth-order valence-corrected chi connectivity index (χ4v) is 1.73. The van der Waals surface area contributed by atoms with Gasteiger partial charge in [-0.25, -0.2) is 9.59 Å². The summed E-state index contributed by atoms with van der Waals surface area (Å²) in [6.45, 7) is 5.56. The molecule has 0 bridgehead atoms. The summed E-state index contributed by atoms with van der Waals surface area (Å²) in [6, 6.07) is -0.466. The molecule has 1 aliphatic rings. The van der Waals surface area contributed by atoms with Crippen LogP contribution in [-0.2, 0) is 14.3 Å². The van der Waals surface area contributed by atoms with Gasteiger partial charge in [0.25, 0.3) is 0 Å². The molecule has 0 radical (unpaired) electrons. The summed E-state index contributed by atoms with van der Waals surface area (Å²) in [5, 5.41) is 9.08. The molecule has 0 spiro atoms. The van der Waals surface area contributed by atoms with Crippen LogP contribution in [0.15, 0.2) is 12.2 Å². The zero-order valence-electron chi connectivity index (χ0n) is 10.2. The molecular formula is C11H17NO5. The molecule has 1 aliphatic heterocycles. The molecule has 0 aliphatic carbocycles. The molecule has 1 amide bonds. The molecule has 1 atom stereocenters. The van der Waals surface area contributed by atoms with Crippen LogP contribution in [0.1, 0.15) is 20.8 Å². The van der Waals surface area contributed by atoms with Crippen LogP contribution in [0.5, 0.6) is 0 Å². The first kappa shape index (κ1) is 13.5. The van der Waals surface area contributed by atoms with Gasteiger partial charge in [-0.1, -0.05) is 6.08 Å². The van der Waals surface area contributed by atoms with Crippen LogP contribution >= 0.6 is 0 Å². The van der Waals surface area contributed by atoms with Crippen molar-refractivity contribution in [2.75, 3.05) is 13.2 Å². The van der Waals surface area contributed by atoms with E-state index in [-0.39, 0.29) is 6.61 Å². The molecule has 1 rings (SSSR count). The van der Waals surface area contributed by atoms with Crippen LogP contribution in [0.4, 0.5) is 4.79 Å². The molecule has 17 heavy (non-hydrogen) atoms. The van der Waals surface area contributed by atoms with Crippen molar-refractivity contribution in [3.8, 4) is 0 Å². The average molecular weight is 243 g/mol. The minimum Gasteiger partial charge on any atom is -0.465 e. The van der Waals surface area contributed by atoms with E-state index in [2.05, 4.69) is 0 Å². The third-order valence-corrected chi connectivity index (χ3v) is 2.47. The molecular weight excluding hydrogens is 226 g/mol. The lowest BCUT2D eigenvalue weighted by Gasteiger charge is -2.29. The Balaban J connectivity index is 2.72. The van der Waals surface area contributed by atoms with Crippen molar-refractivity contribution in [3.05, 3.63) is 12.2 Å². The van der Waals surface area contributed by atoms with Gasteiger partial charge in [0, 0.05) is 6.08 Å². The number of hydrogen-bond acceptors (Lipinski definition) is 4. The van der Waals surface area contributed by atoms with Crippen LogP contribution in [0.25, 0.3) is 0 Å². The predicted molar refractivity (Wildman–Crippen MR) is 59.5 cm³/mol. The summed E-state index contributed by atoms with van der Waals surface area (Å²) in [5.74, 6) is -0.484. The lowest BCUT2D eigenvalue weighted by Crippen LogP contribution is -2.46. The summed E-state index contributed by atoms with van der Waals surface area (Å²) in [7, 11) is 0. The Bertz CT molecular complexity index is 337. The molecule has 1 saturated heterocycles. The van der Waals surface area contributed by atoms with Gasteiger partial charge in [0.05, 0.1) is 19.3 Å². The van der Waals surface area contributed by atoms with Gasteiger partial charge in [0.2, 0.25) is 0 Å². The van der Waals surface area contributed by atoms with Crippen LogP contribution in [0.2, 0.25) is 0 Å². The Labute approximate surface area is 99.8 Å². The van der Waals surface area contributed by atoms with E-state index in [1.807, 2.05) is 0 Å². The number of nitrogens with zero attached hydrogens (tertiary/aromatic N) is 1. The van der Waals surface area contributed by atoms with Crippen LogP contribution < -0.4 is 0 Å². The van der Waals surface area contributed by atoms with E-state index in [0.717, 1.165) is 0 Å². The number of carbonyl (C=O) groups is 2. The second kappa shape index (κ2) is 5.18. The molecule has 6 heteroatoms. The third kappa shape index (κ3) is 3.20. The molecule has 6 nitrogen and oxygen atoms in total. The van der Waals surface area contributed by atoms with Crippen LogP contribution in [-0.4, -0.2) is 47.0 Å². The van der Waals surface area contributed by atoms with E-state index >= 15 is 0 Å². The van der Waals surface area contributed by atoms with Crippen LogP contribution in [0, 0.1) is 0 Å². The molecule has 0 aromatic heterocycles. The quantitative estimate of drug-likeness (QED) is 0.595. The average Bonchev–Trinajstić information content (AvgIpc) is 2.51. The maximum atomic E-state index is 11.1. The summed E-state index contributed by atoms with van der Waals surface area (Å²) in [4.78, 5) is 23.4. The third-order valence-electron chi connectivity index (χ3n) is 2.47. The number of rotatable bonds is 3. The van der Waals surface area contributed by atoms with Gasteiger partial charge < -0.3 is 14.6 Å². The van der Waals surface area contributed by atoms with Gasteiger partial charge in [0.15, 0.2) is 0 Å². The van der Waals surface area contributed by atoms with E-state index in [0.29, 0.717) is 6.61 Å². The zero-order valence-corrected chi connectivity index (χ0v) is 10.2. The maximum absolute atomic E-state index is 11.1. The largest absolute Gasteiger partial charge is 0.465 e. The van der Waals surface area contributed by atoms with Gasteiger partial charge in [0.1, 0.15) is 5.72 Å². The minimum atomic E-state index is -1.08. The normalized spacial score (nSPS) is 23.0. The van der Waals surface area contributed by atoms with Gasteiger partial charge >= 0.3 is 12.1 Å². The van der Waals surface area contributed by atoms with Crippen molar-refractivity contribution in [1.82, 2.24) is 4.90 Å². The van der Waals surface area contributed by atoms with E-state index < -0.39 is 23.8 Å². The standard InChI is InChI=1S/C11H17NO5/c1-4-16-9(13)6-5-8-7-17-11(2,3)12(8)10(14)15/h5-6,8H,4,7H2,1-3H3,(H,14,15)/t8-/m1/s1. The monoisotopic (exact) mass is 243 g/mol. The Morgan fingerprint density at radius 3 is 2.76 bits per heavy atom. The molecule has 1 fully saturated rings. The molecule has 1 N–H and O–H groups in total. The van der Waals surface area contributed by atoms with Gasteiger partial charge in [-0.3, -0.25) is 4.90 Å². The predicted octanol–water partition coefficient (Wildman–Crippen LogP) is 1.22. The highest BCUT2D eigenvalue weighted by Gasteiger charge is 2.42. The Morgan fingerprint density at radius 2 is 2.24 bits per heavy atom. The number of carbonyl (C=O) groups excluding carboxylic acids is 1. The number of esters is 1. The summed E-state index contributed by atoms with van der Waals surface area (Å²) in [6.07, 6.45) is 1.64. The lowest BCUT2D eigenvalue weighted by molar-refractivity contribution is -0.137. The van der Waals surface area contributed by atoms with E-state index in [9.17, 15) is 9.59 Å². The summed E-state index contributed by atoms with van der Waals surface area (Å²) in [5.41, 5.74) is -0.879. The number of carboxylic acid groups (broad SMARTS) is 1. The minimum absolute atomic E-state index is 0.231. The first-order chi connectivity index (χ1) is 7.88. The van der Waals surface area contributed by atoms with Crippen molar-refractivity contribution in [2.45, 2.75) is 32.5 Å². The van der Waals surface area contributed by atoms with E-state index in [4.69, 9.17) is 14.6 Å². The second-order valence-electron chi connectivity index (χ2n) is 4.09. The number of ether oxygens (including phenoxy) is 2. The highest BCUT2D eigenvalue weighted by atomic mass is 16.5. The Kier molecular flexibility index (Phi) is 4.11. The van der Waals surface area contributed by atoms with Crippen molar-refractivity contribution >= 4 is 12.1 Å². The highest BCUT2D eigenvalue weighted by Crippen LogP contribution is 2.27. The first-order valence-corrected chi connectivity index (χ1v) is 5.39. The van der Waals surface area contributed by atoms with Gasteiger partial charge in [-0.2, -0.15) is 0 Å². The fraction of sp³-hybridized carbons (Fsp3) is 0.636. The molecule has 1 heterocycles. The Hall–Kier alpha value is -1.56. The van der Waals surface area contributed by atoms with Crippen molar-refractivity contribution in [3.63, 3.8) is 0 Å². The first-order valence-electron chi connectivity index (χ1n) is 5.39. The molecule has 0 unspecified atom stereocenters. The Morgan fingerprint density at radius 1 is 1.59 bits per heavy atom. The number of amides is 1.